The van der Waals surface area contributed by atoms with Crippen LogP contribution in [0.3, 0.4) is 0 Å². The number of nitrogens with zero attached hydrogens (tertiary/aromatic N) is 4. The van der Waals surface area contributed by atoms with Crippen molar-refractivity contribution in [2.45, 2.75) is 24.2 Å². The molecule has 9 heteroatoms. The van der Waals surface area contributed by atoms with Gasteiger partial charge in [0.25, 0.3) is 5.91 Å². The predicted octanol–water partition coefficient (Wildman–Crippen LogP) is -2.49. The molecule has 2 aromatic heterocycles. The second kappa shape index (κ2) is 4.18. The summed E-state index contributed by atoms with van der Waals surface area (Å²) in [5, 5.41) is 29.5. The largest absolute Gasteiger partial charge is 0.394 e. The highest BCUT2D eigenvalue weighted by Gasteiger charge is 2.54. The molecule has 19 heavy (non-hydrogen) atoms. The van der Waals surface area contributed by atoms with Crippen molar-refractivity contribution in [1.82, 2.24) is 19.5 Å². The van der Waals surface area contributed by atoms with E-state index in [-0.39, 0.29) is 0 Å². The van der Waals surface area contributed by atoms with Gasteiger partial charge in [-0.15, -0.1) is 0 Å². The Morgan fingerprint density at radius 3 is 2.95 bits per heavy atom. The Kier molecular flexibility index (Phi) is 2.73. The first-order chi connectivity index (χ1) is 9.08. The Bertz CT molecular complexity index is 604. The number of fused-ring (bicyclic) bond motifs is 1. The van der Waals surface area contributed by atoms with Crippen LogP contribution in [0.4, 0.5) is 0 Å². The quantitative estimate of drug-likeness (QED) is 0.468. The second-order valence-corrected chi connectivity index (χ2v) is 4.36. The zero-order valence-corrected chi connectivity index (χ0v) is 9.79. The van der Waals surface area contributed by atoms with Crippen LogP contribution in [-0.4, -0.2) is 59.7 Å². The van der Waals surface area contributed by atoms with Crippen LogP contribution in [0.15, 0.2) is 18.9 Å². The van der Waals surface area contributed by atoms with E-state index in [0.29, 0.717) is 11.2 Å². The summed E-state index contributed by atoms with van der Waals surface area (Å²) in [5.74, 6) is -2.02. The van der Waals surface area contributed by atoms with Crippen LogP contribution in [0.25, 0.3) is 11.2 Å². The number of aliphatic hydroxyl groups is 3. The van der Waals surface area contributed by atoms with Gasteiger partial charge in [0.1, 0.15) is 36.4 Å². The van der Waals surface area contributed by atoms with Gasteiger partial charge in [-0.25, -0.2) is 15.0 Å². The van der Waals surface area contributed by atoms with Gasteiger partial charge in [-0.1, -0.05) is 0 Å². The molecule has 0 amide bonds. The molecule has 0 aliphatic carbocycles. The van der Waals surface area contributed by atoms with Gasteiger partial charge in [0.05, 0.1) is 12.8 Å². The highest BCUT2D eigenvalue weighted by atomic mass is 16.7. The van der Waals surface area contributed by atoms with E-state index < -0.39 is 30.8 Å². The fourth-order valence-electron chi connectivity index (χ4n) is 2.19. The number of hydrogen-bond donors (Lipinski definition) is 4. The standard InChI is InChI=1S/C10H13N5O4/c11-8-7(17)6(2-16)19-10(8,18)15-4-14-5-1-12-3-13-9(5)15/h1,3-4,6-8,16-18H,2,11H2/t6-,7-,8?,10+/m1/s1. The van der Waals surface area contributed by atoms with Gasteiger partial charge in [0, 0.05) is 0 Å². The van der Waals surface area contributed by atoms with Crippen molar-refractivity contribution in [2.75, 3.05) is 6.61 Å². The molecule has 1 unspecified atom stereocenters. The number of ether oxygens (including phenoxy) is 1. The maximum absolute atomic E-state index is 10.5. The summed E-state index contributed by atoms with van der Waals surface area (Å²) in [4.78, 5) is 11.8. The number of hydrogen-bond acceptors (Lipinski definition) is 8. The average molecular weight is 267 g/mol. The second-order valence-electron chi connectivity index (χ2n) is 4.36. The van der Waals surface area contributed by atoms with Gasteiger partial charge in [0.2, 0.25) is 0 Å². The van der Waals surface area contributed by atoms with Crippen LogP contribution in [0.1, 0.15) is 0 Å². The van der Waals surface area contributed by atoms with E-state index in [1.165, 1.54) is 23.4 Å². The van der Waals surface area contributed by atoms with Gasteiger partial charge >= 0.3 is 0 Å². The lowest BCUT2D eigenvalue weighted by atomic mass is 10.1. The zero-order chi connectivity index (χ0) is 13.6. The van der Waals surface area contributed by atoms with Crippen molar-refractivity contribution in [3.8, 4) is 0 Å². The normalized spacial score (nSPS) is 35.1. The van der Waals surface area contributed by atoms with Crippen molar-refractivity contribution in [3.63, 3.8) is 0 Å². The smallest absolute Gasteiger partial charge is 0.274 e. The summed E-state index contributed by atoms with van der Waals surface area (Å²) in [6.07, 6.45) is 1.90. The molecule has 3 rings (SSSR count). The van der Waals surface area contributed by atoms with E-state index in [2.05, 4.69) is 15.0 Å². The van der Waals surface area contributed by atoms with E-state index in [4.69, 9.17) is 15.6 Å². The first-order valence-electron chi connectivity index (χ1n) is 5.66. The average Bonchev–Trinajstić information content (AvgIpc) is 2.95. The van der Waals surface area contributed by atoms with E-state index in [9.17, 15) is 10.2 Å². The van der Waals surface area contributed by atoms with Gasteiger partial charge in [-0.2, -0.15) is 0 Å². The lowest BCUT2D eigenvalue weighted by Crippen LogP contribution is -2.51. The first kappa shape index (κ1) is 12.4. The molecule has 102 valence electrons. The Morgan fingerprint density at radius 1 is 1.47 bits per heavy atom. The third kappa shape index (κ3) is 1.64. The maximum Gasteiger partial charge on any atom is 0.274 e. The van der Waals surface area contributed by atoms with Crippen molar-refractivity contribution >= 4 is 11.2 Å². The fourth-order valence-corrected chi connectivity index (χ4v) is 2.19. The van der Waals surface area contributed by atoms with Gasteiger partial charge in [-0.05, 0) is 0 Å². The SMILES string of the molecule is NC1[C@H](O)[C@@H](CO)O[C@]1(O)n1cnc2cncnc21. The van der Waals surface area contributed by atoms with E-state index in [0.717, 1.165) is 0 Å². The number of imidazole rings is 1. The minimum atomic E-state index is -2.02. The topological polar surface area (TPSA) is 140 Å². The molecular formula is C10H13N5O4. The molecule has 1 fully saturated rings. The lowest BCUT2D eigenvalue weighted by molar-refractivity contribution is -0.260. The summed E-state index contributed by atoms with van der Waals surface area (Å²) >= 11 is 0. The van der Waals surface area contributed by atoms with Crippen molar-refractivity contribution < 1.29 is 20.1 Å². The minimum absolute atomic E-state index is 0.318. The Balaban J connectivity index is 2.10. The van der Waals surface area contributed by atoms with Gasteiger partial charge in [-0.3, -0.25) is 4.57 Å². The van der Waals surface area contributed by atoms with E-state index in [1.54, 1.807) is 0 Å². The highest BCUT2D eigenvalue weighted by Crippen LogP contribution is 2.33. The Hall–Kier alpha value is -1.65. The number of aliphatic hydroxyl groups excluding tert-OH is 2. The summed E-state index contributed by atoms with van der Waals surface area (Å²) in [5.41, 5.74) is 6.55. The summed E-state index contributed by atoms with van der Waals surface area (Å²) in [6, 6.07) is -1.14. The molecule has 2 aromatic rings. The van der Waals surface area contributed by atoms with Crippen molar-refractivity contribution in [1.29, 1.82) is 0 Å². The molecule has 9 nitrogen and oxygen atoms in total. The third-order valence-corrected chi connectivity index (χ3v) is 3.25. The van der Waals surface area contributed by atoms with E-state index >= 15 is 0 Å². The van der Waals surface area contributed by atoms with Crippen molar-refractivity contribution in [2.24, 2.45) is 5.73 Å². The first-order valence-corrected chi connectivity index (χ1v) is 5.66. The summed E-state index contributed by atoms with van der Waals surface area (Å²) in [7, 11) is 0. The van der Waals surface area contributed by atoms with Crippen LogP contribution in [-0.2, 0) is 10.6 Å². The zero-order valence-electron chi connectivity index (χ0n) is 9.79. The predicted molar refractivity (Wildman–Crippen MR) is 61.5 cm³/mol. The highest BCUT2D eigenvalue weighted by molar-refractivity contribution is 5.69. The summed E-state index contributed by atoms with van der Waals surface area (Å²) in [6.45, 7) is -0.460. The molecule has 0 bridgehead atoms. The van der Waals surface area contributed by atoms with Crippen LogP contribution in [0, 0.1) is 0 Å². The lowest BCUT2D eigenvalue weighted by Gasteiger charge is -2.27. The molecule has 0 aromatic carbocycles. The Morgan fingerprint density at radius 2 is 2.26 bits per heavy atom. The maximum atomic E-state index is 10.5. The molecule has 0 spiro atoms. The van der Waals surface area contributed by atoms with Crippen LogP contribution < -0.4 is 5.73 Å². The molecular weight excluding hydrogens is 254 g/mol. The number of aromatic nitrogens is 4. The van der Waals surface area contributed by atoms with Crippen molar-refractivity contribution in [3.05, 3.63) is 18.9 Å². The van der Waals surface area contributed by atoms with Crippen LogP contribution in [0.5, 0.6) is 0 Å². The minimum Gasteiger partial charge on any atom is -0.394 e. The molecule has 0 radical (unpaired) electrons. The van der Waals surface area contributed by atoms with Crippen LogP contribution in [0.2, 0.25) is 0 Å². The summed E-state index contributed by atoms with van der Waals surface area (Å²) < 4.78 is 6.48. The molecule has 0 saturated carbocycles. The van der Waals surface area contributed by atoms with Crippen LogP contribution >= 0.6 is 0 Å². The molecule has 1 aliphatic rings. The monoisotopic (exact) mass is 267 g/mol. The Labute approximate surface area is 107 Å². The third-order valence-electron chi connectivity index (χ3n) is 3.25. The molecule has 3 heterocycles. The molecule has 4 atom stereocenters. The molecule has 5 N–H and O–H groups in total. The van der Waals surface area contributed by atoms with Gasteiger partial charge in [0.15, 0.2) is 5.65 Å². The van der Waals surface area contributed by atoms with Gasteiger partial charge < -0.3 is 25.8 Å². The molecule has 1 aliphatic heterocycles. The number of rotatable bonds is 2. The van der Waals surface area contributed by atoms with E-state index in [1.807, 2.05) is 0 Å². The number of nitrogens with two attached hydrogens (primary N) is 1. The molecule has 1 saturated heterocycles. The fraction of sp³-hybridized carbons (Fsp3) is 0.500.